The van der Waals surface area contributed by atoms with Crippen molar-refractivity contribution in [2.24, 2.45) is 17.8 Å². The zero-order chi connectivity index (χ0) is 22.5. The second kappa shape index (κ2) is 8.33. The Kier molecular flexibility index (Phi) is 6.04. The van der Waals surface area contributed by atoms with Crippen LogP contribution in [0.2, 0.25) is 5.28 Å². The third-order valence-electron chi connectivity index (χ3n) is 5.91. The average molecular weight is 517 g/mol. The highest BCUT2D eigenvalue weighted by molar-refractivity contribution is 9.10. The van der Waals surface area contributed by atoms with Crippen LogP contribution in [-0.2, 0) is 9.53 Å². The van der Waals surface area contributed by atoms with E-state index in [9.17, 15) is 14.0 Å². The Bertz CT molecular complexity index is 1090. The van der Waals surface area contributed by atoms with Crippen molar-refractivity contribution < 1.29 is 18.7 Å². The molecular formula is C21H24BrClFN3O4. The quantitative estimate of drug-likeness (QED) is 0.474. The fourth-order valence-electron chi connectivity index (χ4n) is 4.66. The highest BCUT2D eigenvalue weighted by Gasteiger charge is 2.49. The first-order chi connectivity index (χ1) is 14.5. The summed E-state index contributed by atoms with van der Waals surface area (Å²) < 4.78 is 26.3. The lowest BCUT2D eigenvalue weighted by Crippen LogP contribution is -2.52. The number of H-pyrrole nitrogens is 1. The first-order valence-electron chi connectivity index (χ1n) is 10.2. The van der Waals surface area contributed by atoms with Crippen LogP contribution >= 0.6 is 27.5 Å². The van der Waals surface area contributed by atoms with Gasteiger partial charge in [0, 0.05) is 6.04 Å². The molecule has 4 rings (SSSR count). The average Bonchev–Trinajstić information content (AvgIpc) is 2.98. The minimum atomic E-state index is -0.685. The molecule has 1 saturated carbocycles. The number of aromatic amines is 1. The second-order valence-electron chi connectivity index (χ2n) is 9.14. The molecule has 1 aliphatic carbocycles. The normalized spacial score (nSPS) is 25.6. The number of esters is 1. The molecule has 2 heterocycles. The van der Waals surface area contributed by atoms with Gasteiger partial charge < -0.3 is 14.8 Å². The Balaban J connectivity index is 1.57. The highest BCUT2D eigenvalue weighted by atomic mass is 79.9. The monoisotopic (exact) mass is 515 g/mol. The molecule has 1 aromatic heterocycles. The van der Waals surface area contributed by atoms with Gasteiger partial charge in [0.1, 0.15) is 28.9 Å². The summed E-state index contributed by atoms with van der Waals surface area (Å²) in [6.45, 7) is 6.50. The van der Waals surface area contributed by atoms with Gasteiger partial charge in [-0.15, -0.1) is 0 Å². The molecule has 1 unspecified atom stereocenters. The molecule has 0 amide bonds. The third kappa shape index (κ3) is 4.45. The van der Waals surface area contributed by atoms with E-state index in [2.05, 4.69) is 31.2 Å². The topological polar surface area (TPSA) is 93.3 Å². The van der Waals surface area contributed by atoms with Gasteiger partial charge in [-0.2, -0.15) is 0 Å². The number of hydrogen-bond acceptors (Lipinski definition) is 6. The van der Waals surface area contributed by atoms with Gasteiger partial charge in [0.25, 0.3) is 5.56 Å². The van der Waals surface area contributed by atoms with Crippen molar-refractivity contribution in [3.05, 3.63) is 32.0 Å². The van der Waals surface area contributed by atoms with Crippen LogP contribution in [0.3, 0.4) is 0 Å². The molecule has 2 bridgehead atoms. The highest BCUT2D eigenvalue weighted by Crippen LogP contribution is 2.43. The molecule has 7 nitrogen and oxygen atoms in total. The summed E-state index contributed by atoms with van der Waals surface area (Å²) in [6.07, 6.45) is 1.84. The van der Waals surface area contributed by atoms with Gasteiger partial charge in [0.2, 0.25) is 5.28 Å². The number of nitrogens with zero attached hydrogens (tertiary/aromatic N) is 1. The van der Waals surface area contributed by atoms with Crippen molar-refractivity contribution in [3.8, 4) is 5.75 Å². The Labute approximate surface area is 192 Å². The molecule has 0 radical (unpaired) electrons. The third-order valence-corrected chi connectivity index (χ3v) is 6.66. The maximum Gasteiger partial charge on any atom is 0.310 e. The molecule has 168 valence electrons. The van der Waals surface area contributed by atoms with E-state index < -0.39 is 17.0 Å². The number of carbonyl (C=O) groups excluding carboxylic acids is 1. The number of carbonyl (C=O) groups is 1. The molecule has 10 heteroatoms. The van der Waals surface area contributed by atoms with Gasteiger partial charge >= 0.3 is 5.97 Å². The van der Waals surface area contributed by atoms with Crippen molar-refractivity contribution in [2.75, 3.05) is 13.2 Å². The first-order valence-corrected chi connectivity index (χ1v) is 11.4. The number of rotatable bonds is 4. The van der Waals surface area contributed by atoms with E-state index >= 15 is 0 Å². The minimum Gasteiger partial charge on any atom is -0.491 e. The Morgan fingerprint density at radius 2 is 2.13 bits per heavy atom. The van der Waals surface area contributed by atoms with Crippen LogP contribution in [-0.4, -0.2) is 40.7 Å². The lowest BCUT2D eigenvalue weighted by atomic mass is 9.81. The lowest BCUT2D eigenvalue weighted by Gasteiger charge is -2.37. The molecule has 2 aliphatic rings. The number of halogens is 3. The van der Waals surface area contributed by atoms with E-state index in [1.54, 1.807) is 0 Å². The van der Waals surface area contributed by atoms with Gasteiger partial charge in [-0.1, -0.05) is 0 Å². The molecule has 2 N–H and O–H groups in total. The molecule has 0 spiro atoms. The van der Waals surface area contributed by atoms with Gasteiger partial charge in [-0.25, -0.2) is 9.37 Å². The number of benzene rings is 1. The smallest absolute Gasteiger partial charge is 0.310 e. The summed E-state index contributed by atoms with van der Waals surface area (Å²) in [5.41, 5.74) is -1.29. The van der Waals surface area contributed by atoms with Crippen molar-refractivity contribution in [1.29, 1.82) is 0 Å². The van der Waals surface area contributed by atoms with Crippen molar-refractivity contribution in [3.63, 3.8) is 0 Å². The summed E-state index contributed by atoms with van der Waals surface area (Å²) in [4.78, 5) is 31.5. The number of aromatic nitrogens is 2. The van der Waals surface area contributed by atoms with Gasteiger partial charge in [-0.05, 0) is 85.6 Å². The van der Waals surface area contributed by atoms with E-state index in [4.69, 9.17) is 21.1 Å². The van der Waals surface area contributed by atoms with Crippen LogP contribution in [0.5, 0.6) is 5.75 Å². The zero-order valence-corrected chi connectivity index (χ0v) is 19.8. The summed E-state index contributed by atoms with van der Waals surface area (Å²) in [7, 11) is 0. The molecule has 4 atom stereocenters. The maximum atomic E-state index is 14.5. The molecule has 31 heavy (non-hydrogen) atoms. The number of hydrogen-bond donors (Lipinski definition) is 2. The lowest BCUT2D eigenvalue weighted by molar-refractivity contribution is -0.164. The predicted octanol–water partition coefficient (Wildman–Crippen LogP) is 3.81. The van der Waals surface area contributed by atoms with Crippen LogP contribution < -0.4 is 15.6 Å². The first kappa shape index (κ1) is 22.5. The van der Waals surface area contributed by atoms with Crippen LogP contribution in [0, 0.1) is 23.6 Å². The van der Waals surface area contributed by atoms with Crippen molar-refractivity contribution >= 4 is 44.4 Å². The van der Waals surface area contributed by atoms with E-state index in [1.807, 2.05) is 20.8 Å². The zero-order valence-electron chi connectivity index (χ0n) is 17.4. The Morgan fingerprint density at radius 1 is 1.39 bits per heavy atom. The molecule has 2 aromatic rings. The van der Waals surface area contributed by atoms with Crippen LogP contribution in [0.15, 0.2) is 15.3 Å². The second-order valence-corrected chi connectivity index (χ2v) is 10.3. The van der Waals surface area contributed by atoms with E-state index in [0.29, 0.717) is 6.54 Å². The SMILES string of the molecule is CC(C)(C)OC(=O)C1[C@@H]2CC[C@H]1[C@@H](COc1cc(Br)c(F)c3nc(Cl)[nH]c(=O)c13)NC2. The number of nitrogens with one attached hydrogen (secondary N) is 2. The summed E-state index contributed by atoms with van der Waals surface area (Å²) in [5.74, 6) is -0.536. The van der Waals surface area contributed by atoms with Crippen molar-refractivity contribution in [2.45, 2.75) is 45.3 Å². The number of fused-ring (bicyclic) bond motifs is 3. The number of piperidine rings is 1. The minimum absolute atomic E-state index is 0.00565. The summed E-state index contributed by atoms with van der Waals surface area (Å²) in [6, 6.07) is 1.31. The van der Waals surface area contributed by atoms with Gasteiger partial charge in [0.05, 0.1) is 10.4 Å². The Morgan fingerprint density at radius 3 is 2.84 bits per heavy atom. The van der Waals surface area contributed by atoms with Gasteiger partial charge in [-0.3, -0.25) is 14.6 Å². The largest absolute Gasteiger partial charge is 0.491 e. The van der Waals surface area contributed by atoms with E-state index in [1.165, 1.54) is 6.07 Å². The van der Waals surface area contributed by atoms with Crippen LogP contribution in [0.25, 0.3) is 10.9 Å². The molecular weight excluding hydrogens is 493 g/mol. The number of ether oxygens (including phenoxy) is 2. The summed E-state index contributed by atoms with van der Waals surface area (Å²) >= 11 is 8.93. The molecule has 1 aromatic carbocycles. The van der Waals surface area contributed by atoms with Crippen LogP contribution in [0.1, 0.15) is 33.6 Å². The fourth-order valence-corrected chi connectivity index (χ4v) is 5.23. The van der Waals surface area contributed by atoms with Crippen LogP contribution in [0.4, 0.5) is 4.39 Å². The van der Waals surface area contributed by atoms with Gasteiger partial charge in [0.15, 0.2) is 5.82 Å². The molecule has 2 fully saturated rings. The predicted molar refractivity (Wildman–Crippen MR) is 118 cm³/mol. The van der Waals surface area contributed by atoms with Crippen molar-refractivity contribution in [1.82, 2.24) is 15.3 Å². The van der Waals surface area contributed by atoms with E-state index in [0.717, 1.165) is 12.8 Å². The molecule has 1 aliphatic heterocycles. The maximum absolute atomic E-state index is 14.5. The fraction of sp³-hybridized carbons (Fsp3) is 0.571. The standard InChI is InChI=1S/C21H24BrClFN3O4/c1-21(2,3)31-19(29)14-9-4-5-10(14)12(25-7-9)8-30-13-6-11(22)16(24)17-15(13)18(28)27-20(23)26-17/h6,9-10,12,14,25H,4-5,7-8H2,1-3H3,(H,26,27,28)/t9-,10+,12-,14?/m1/s1. The Hall–Kier alpha value is -1.71. The van der Waals surface area contributed by atoms with E-state index in [-0.39, 0.29) is 62.8 Å². The molecule has 1 saturated heterocycles. The summed E-state index contributed by atoms with van der Waals surface area (Å²) in [5, 5.41) is 3.25.